The Morgan fingerprint density at radius 2 is 2.12 bits per heavy atom. The highest BCUT2D eigenvalue weighted by Gasteiger charge is 2.28. The van der Waals surface area contributed by atoms with Crippen LogP contribution in [0.25, 0.3) is 0 Å². The first kappa shape index (κ1) is 12.0. The van der Waals surface area contributed by atoms with Crippen LogP contribution in [0.1, 0.15) is 18.1 Å². The minimum Gasteiger partial charge on any atom is -0.381 e. The first-order valence-electron chi connectivity index (χ1n) is 5.10. The van der Waals surface area contributed by atoms with Gasteiger partial charge in [-0.15, -0.1) is 0 Å². The monoisotopic (exact) mass is 251 g/mol. The van der Waals surface area contributed by atoms with Crippen molar-refractivity contribution in [1.82, 2.24) is 4.98 Å². The lowest BCUT2D eigenvalue weighted by Gasteiger charge is -2.25. The summed E-state index contributed by atoms with van der Waals surface area (Å²) >= 11 is 5.98. The van der Waals surface area contributed by atoms with Gasteiger partial charge in [0.2, 0.25) is 0 Å². The topological polar surface area (TPSA) is 33.1 Å². The number of aliphatic hydroxyl groups is 1. The van der Waals surface area contributed by atoms with Crippen molar-refractivity contribution in [2.24, 2.45) is 0 Å². The van der Waals surface area contributed by atoms with Gasteiger partial charge in [0, 0.05) is 28.5 Å². The molecule has 1 unspecified atom stereocenters. The summed E-state index contributed by atoms with van der Waals surface area (Å²) in [6.45, 7) is 1.56. The zero-order valence-electron chi connectivity index (χ0n) is 9.19. The molecule has 0 amide bonds. The molecule has 0 saturated carbocycles. The second-order valence-corrected chi connectivity index (χ2v) is 4.35. The molecule has 1 heterocycles. The number of nitrogens with zero attached hydrogens (tertiary/aromatic N) is 1. The van der Waals surface area contributed by atoms with Crippen molar-refractivity contribution in [3.63, 3.8) is 0 Å². The van der Waals surface area contributed by atoms with Crippen LogP contribution in [-0.2, 0) is 5.60 Å². The molecule has 2 aromatic rings. The Labute approximate surface area is 104 Å². The van der Waals surface area contributed by atoms with E-state index in [0.29, 0.717) is 16.1 Å². The van der Waals surface area contributed by atoms with E-state index < -0.39 is 11.4 Å². The highest BCUT2D eigenvalue weighted by molar-refractivity contribution is 6.31. The summed E-state index contributed by atoms with van der Waals surface area (Å²) in [5.74, 6) is -0.437. The standard InChI is InChI=1S/C13H11ClFNO/c1-13(17,9-3-2-6-16-8-9)11-7-10(15)4-5-12(11)14/h2-8,17H,1H3. The Balaban J connectivity index is 2.55. The summed E-state index contributed by atoms with van der Waals surface area (Å²) in [5.41, 5.74) is -0.479. The number of rotatable bonds is 2. The largest absolute Gasteiger partial charge is 0.381 e. The summed E-state index contributed by atoms with van der Waals surface area (Å²) in [4.78, 5) is 3.93. The summed E-state index contributed by atoms with van der Waals surface area (Å²) in [7, 11) is 0. The Morgan fingerprint density at radius 1 is 1.35 bits per heavy atom. The second kappa shape index (κ2) is 4.43. The Hall–Kier alpha value is -1.45. The number of aromatic nitrogens is 1. The fourth-order valence-corrected chi connectivity index (χ4v) is 1.98. The van der Waals surface area contributed by atoms with Gasteiger partial charge in [0.15, 0.2) is 0 Å². The van der Waals surface area contributed by atoms with E-state index in [-0.39, 0.29) is 0 Å². The Morgan fingerprint density at radius 3 is 2.76 bits per heavy atom. The van der Waals surface area contributed by atoms with E-state index in [2.05, 4.69) is 4.98 Å². The smallest absolute Gasteiger partial charge is 0.123 e. The van der Waals surface area contributed by atoms with E-state index in [9.17, 15) is 9.50 Å². The van der Waals surface area contributed by atoms with Crippen LogP contribution < -0.4 is 0 Å². The molecular formula is C13H11ClFNO. The van der Waals surface area contributed by atoms with Crippen LogP contribution in [-0.4, -0.2) is 10.1 Å². The van der Waals surface area contributed by atoms with Crippen molar-refractivity contribution in [2.45, 2.75) is 12.5 Å². The number of halogens is 2. The molecule has 88 valence electrons. The molecule has 0 aliphatic heterocycles. The highest BCUT2D eigenvalue weighted by Crippen LogP contribution is 2.33. The van der Waals surface area contributed by atoms with Crippen molar-refractivity contribution < 1.29 is 9.50 Å². The van der Waals surface area contributed by atoms with Crippen LogP contribution >= 0.6 is 11.6 Å². The average molecular weight is 252 g/mol. The van der Waals surface area contributed by atoms with Gasteiger partial charge < -0.3 is 5.11 Å². The zero-order chi connectivity index (χ0) is 12.5. The first-order valence-corrected chi connectivity index (χ1v) is 5.48. The van der Waals surface area contributed by atoms with Crippen molar-refractivity contribution >= 4 is 11.6 Å². The maximum absolute atomic E-state index is 13.2. The van der Waals surface area contributed by atoms with Gasteiger partial charge in [-0.2, -0.15) is 0 Å². The molecule has 0 fully saturated rings. The molecule has 17 heavy (non-hydrogen) atoms. The maximum atomic E-state index is 13.2. The van der Waals surface area contributed by atoms with Crippen LogP contribution in [0, 0.1) is 5.82 Å². The lowest BCUT2D eigenvalue weighted by Crippen LogP contribution is -2.23. The maximum Gasteiger partial charge on any atom is 0.123 e. The third-order valence-electron chi connectivity index (χ3n) is 2.68. The SMILES string of the molecule is CC(O)(c1cccnc1)c1cc(F)ccc1Cl. The minimum absolute atomic E-state index is 0.320. The number of pyridine rings is 1. The first-order chi connectivity index (χ1) is 8.01. The van der Waals surface area contributed by atoms with E-state index in [0.717, 1.165) is 0 Å². The van der Waals surface area contributed by atoms with Gasteiger partial charge in [0.25, 0.3) is 0 Å². The van der Waals surface area contributed by atoms with Gasteiger partial charge >= 0.3 is 0 Å². The third-order valence-corrected chi connectivity index (χ3v) is 3.01. The van der Waals surface area contributed by atoms with Crippen LogP contribution in [0.5, 0.6) is 0 Å². The van der Waals surface area contributed by atoms with E-state index in [1.807, 2.05) is 0 Å². The summed E-state index contributed by atoms with van der Waals surface area (Å²) in [6, 6.07) is 7.34. The van der Waals surface area contributed by atoms with Crippen LogP contribution in [0.4, 0.5) is 4.39 Å². The van der Waals surface area contributed by atoms with Gasteiger partial charge in [-0.1, -0.05) is 17.7 Å². The van der Waals surface area contributed by atoms with Crippen molar-refractivity contribution in [3.05, 3.63) is 64.7 Å². The molecule has 1 aromatic carbocycles. The lowest BCUT2D eigenvalue weighted by molar-refractivity contribution is 0.102. The van der Waals surface area contributed by atoms with Gasteiger partial charge in [0.05, 0.1) is 0 Å². The zero-order valence-corrected chi connectivity index (χ0v) is 9.95. The Bertz CT molecular complexity index is 528. The average Bonchev–Trinajstić information content (AvgIpc) is 2.33. The van der Waals surface area contributed by atoms with Crippen LogP contribution in [0.15, 0.2) is 42.7 Å². The number of benzene rings is 1. The van der Waals surface area contributed by atoms with Crippen LogP contribution in [0.3, 0.4) is 0 Å². The normalized spacial score (nSPS) is 14.4. The molecule has 1 N–H and O–H groups in total. The summed E-state index contributed by atoms with van der Waals surface area (Å²) in [5, 5.41) is 10.8. The van der Waals surface area contributed by atoms with E-state index in [4.69, 9.17) is 11.6 Å². The van der Waals surface area contributed by atoms with E-state index in [1.54, 1.807) is 25.3 Å². The van der Waals surface area contributed by atoms with Gasteiger partial charge in [-0.05, 0) is 31.2 Å². The molecule has 2 nitrogen and oxygen atoms in total. The van der Waals surface area contributed by atoms with Crippen molar-refractivity contribution in [3.8, 4) is 0 Å². The highest BCUT2D eigenvalue weighted by atomic mass is 35.5. The quantitative estimate of drug-likeness (QED) is 0.890. The molecule has 0 spiro atoms. The van der Waals surface area contributed by atoms with E-state index >= 15 is 0 Å². The molecule has 0 saturated heterocycles. The fourth-order valence-electron chi connectivity index (χ4n) is 1.68. The molecule has 1 aromatic heterocycles. The third kappa shape index (κ3) is 2.30. The van der Waals surface area contributed by atoms with Crippen molar-refractivity contribution in [2.75, 3.05) is 0 Å². The molecule has 4 heteroatoms. The Kier molecular flexibility index (Phi) is 3.13. The predicted molar refractivity (Wildman–Crippen MR) is 64.3 cm³/mol. The molecule has 0 aliphatic carbocycles. The molecular weight excluding hydrogens is 241 g/mol. The molecule has 0 radical (unpaired) electrons. The van der Waals surface area contributed by atoms with Gasteiger partial charge in [-0.3, -0.25) is 4.98 Å². The second-order valence-electron chi connectivity index (χ2n) is 3.94. The minimum atomic E-state index is -1.37. The molecule has 2 rings (SSSR count). The van der Waals surface area contributed by atoms with E-state index in [1.165, 1.54) is 24.4 Å². The van der Waals surface area contributed by atoms with Gasteiger partial charge in [0.1, 0.15) is 11.4 Å². The number of hydrogen-bond acceptors (Lipinski definition) is 2. The lowest BCUT2D eigenvalue weighted by atomic mass is 9.89. The molecule has 1 atom stereocenters. The van der Waals surface area contributed by atoms with Gasteiger partial charge in [-0.25, -0.2) is 4.39 Å². The predicted octanol–water partition coefficient (Wildman–Crippen LogP) is 3.13. The van der Waals surface area contributed by atoms with Crippen molar-refractivity contribution in [1.29, 1.82) is 0 Å². The molecule has 0 aliphatic rings. The summed E-state index contributed by atoms with van der Waals surface area (Å²) in [6.07, 6.45) is 3.13. The molecule has 0 bridgehead atoms. The number of hydrogen-bond donors (Lipinski definition) is 1. The summed E-state index contributed by atoms with van der Waals surface area (Å²) < 4.78 is 13.2. The fraction of sp³-hybridized carbons (Fsp3) is 0.154. The van der Waals surface area contributed by atoms with Crippen LogP contribution in [0.2, 0.25) is 5.02 Å².